The van der Waals surface area contributed by atoms with E-state index in [0.29, 0.717) is 17.5 Å². The van der Waals surface area contributed by atoms with Gasteiger partial charge in [0.2, 0.25) is 5.89 Å². The highest BCUT2D eigenvalue weighted by atomic mass is 32.2. The summed E-state index contributed by atoms with van der Waals surface area (Å²) in [6.07, 6.45) is 1.61. The van der Waals surface area contributed by atoms with Gasteiger partial charge in [0.15, 0.2) is 10.8 Å². The standard InChI is InChI=1S/C20H14FN5OS/c1-12-22-18-16-4-2-3-5-17(16)24-20(26(18)25-12)28-11-15-10-27-19(23-15)13-6-8-14(21)9-7-13/h2-10H,11H2,1H3. The van der Waals surface area contributed by atoms with Crippen LogP contribution in [0, 0.1) is 12.7 Å². The average molecular weight is 391 g/mol. The fourth-order valence-electron chi connectivity index (χ4n) is 2.96. The van der Waals surface area contributed by atoms with E-state index in [1.54, 1.807) is 22.9 Å². The first kappa shape index (κ1) is 16.9. The molecular weight excluding hydrogens is 377 g/mol. The summed E-state index contributed by atoms with van der Waals surface area (Å²) < 4.78 is 20.4. The van der Waals surface area contributed by atoms with E-state index < -0.39 is 0 Å². The van der Waals surface area contributed by atoms with Gasteiger partial charge in [0.25, 0.3) is 0 Å². The summed E-state index contributed by atoms with van der Waals surface area (Å²) in [5.41, 5.74) is 3.16. The van der Waals surface area contributed by atoms with Crippen LogP contribution in [0.5, 0.6) is 0 Å². The van der Waals surface area contributed by atoms with E-state index in [2.05, 4.69) is 15.1 Å². The molecule has 0 unspecified atom stereocenters. The lowest BCUT2D eigenvalue weighted by atomic mass is 10.2. The summed E-state index contributed by atoms with van der Waals surface area (Å²) in [4.78, 5) is 13.8. The molecule has 5 aromatic rings. The normalized spacial score (nSPS) is 11.5. The number of rotatable bonds is 4. The zero-order valence-corrected chi connectivity index (χ0v) is 15.7. The molecule has 0 aliphatic rings. The van der Waals surface area contributed by atoms with Crippen LogP contribution >= 0.6 is 11.8 Å². The van der Waals surface area contributed by atoms with Crippen LogP contribution in [0.15, 0.2) is 64.4 Å². The second kappa shape index (κ2) is 6.72. The lowest BCUT2D eigenvalue weighted by molar-refractivity contribution is 0.573. The maximum Gasteiger partial charge on any atom is 0.226 e. The van der Waals surface area contributed by atoms with Crippen molar-refractivity contribution >= 4 is 28.3 Å². The summed E-state index contributed by atoms with van der Waals surface area (Å²) in [5, 5.41) is 6.18. The van der Waals surface area contributed by atoms with E-state index in [9.17, 15) is 4.39 Å². The van der Waals surface area contributed by atoms with Crippen molar-refractivity contribution in [3.8, 4) is 11.5 Å². The maximum absolute atomic E-state index is 13.1. The summed E-state index contributed by atoms with van der Waals surface area (Å²) in [6, 6.07) is 13.9. The maximum atomic E-state index is 13.1. The molecule has 0 atom stereocenters. The van der Waals surface area contributed by atoms with Crippen LogP contribution in [-0.4, -0.2) is 24.6 Å². The van der Waals surface area contributed by atoms with E-state index >= 15 is 0 Å². The molecule has 0 N–H and O–H groups in total. The Labute approximate surface area is 163 Å². The van der Waals surface area contributed by atoms with Gasteiger partial charge in [-0.15, -0.1) is 5.10 Å². The van der Waals surface area contributed by atoms with E-state index in [4.69, 9.17) is 9.40 Å². The van der Waals surface area contributed by atoms with Gasteiger partial charge in [-0.25, -0.2) is 19.3 Å². The first-order chi connectivity index (χ1) is 13.7. The van der Waals surface area contributed by atoms with Gasteiger partial charge >= 0.3 is 0 Å². The molecule has 0 spiro atoms. The van der Waals surface area contributed by atoms with Crippen LogP contribution in [0.4, 0.5) is 4.39 Å². The van der Waals surface area contributed by atoms with Gasteiger partial charge < -0.3 is 4.42 Å². The predicted molar refractivity (Wildman–Crippen MR) is 104 cm³/mol. The number of fused-ring (bicyclic) bond motifs is 3. The van der Waals surface area contributed by atoms with Crippen LogP contribution in [0.25, 0.3) is 28.0 Å². The first-order valence-electron chi connectivity index (χ1n) is 8.63. The minimum Gasteiger partial charge on any atom is -0.444 e. The molecule has 0 amide bonds. The Bertz CT molecular complexity index is 1300. The van der Waals surface area contributed by atoms with Crippen molar-refractivity contribution in [3.63, 3.8) is 0 Å². The van der Waals surface area contributed by atoms with Crippen molar-refractivity contribution in [1.29, 1.82) is 0 Å². The Balaban J connectivity index is 1.45. The second-order valence-corrected chi connectivity index (χ2v) is 7.19. The van der Waals surface area contributed by atoms with Crippen molar-refractivity contribution in [2.45, 2.75) is 17.8 Å². The van der Waals surface area contributed by atoms with Gasteiger partial charge in [0, 0.05) is 16.7 Å². The lowest BCUT2D eigenvalue weighted by Crippen LogP contribution is -1.98. The number of nitrogens with zero attached hydrogens (tertiary/aromatic N) is 5. The number of oxazole rings is 1. The van der Waals surface area contributed by atoms with Gasteiger partial charge in [0.05, 0.1) is 11.2 Å². The molecule has 3 aromatic heterocycles. The molecule has 0 radical (unpaired) electrons. The van der Waals surface area contributed by atoms with E-state index in [0.717, 1.165) is 33.0 Å². The molecular formula is C20H14FN5OS. The third kappa shape index (κ3) is 3.01. The van der Waals surface area contributed by atoms with Gasteiger partial charge in [-0.1, -0.05) is 23.9 Å². The Morgan fingerprint density at radius 1 is 1.04 bits per heavy atom. The van der Waals surface area contributed by atoms with Crippen LogP contribution < -0.4 is 0 Å². The Kier molecular flexibility index (Phi) is 4.05. The molecule has 0 aliphatic heterocycles. The van der Waals surface area contributed by atoms with Crippen molar-refractivity contribution in [2.24, 2.45) is 0 Å². The Hall–Kier alpha value is -3.26. The van der Waals surface area contributed by atoms with Crippen LogP contribution in [0.2, 0.25) is 0 Å². The molecule has 5 rings (SSSR count). The van der Waals surface area contributed by atoms with Crippen molar-refractivity contribution < 1.29 is 8.81 Å². The van der Waals surface area contributed by atoms with Crippen molar-refractivity contribution in [3.05, 3.63) is 72.1 Å². The lowest BCUT2D eigenvalue weighted by Gasteiger charge is -2.05. The smallest absolute Gasteiger partial charge is 0.226 e. The fraction of sp³-hybridized carbons (Fsp3) is 0.100. The van der Waals surface area contributed by atoms with E-state index in [-0.39, 0.29) is 5.82 Å². The predicted octanol–water partition coefficient (Wildman–Crippen LogP) is 4.67. The minimum absolute atomic E-state index is 0.291. The van der Waals surface area contributed by atoms with Crippen LogP contribution in [-0.2, 0) is 5.75 Å². The fourth-order valence-corrected chi connectivity index (χ4v) is 3.79. The summed E-state index contributed by atoms with van der Waals surface area (Å²) in [6.45, 7) is 1.86. The van der Waals surface area contributed by atoms with Gasteiger partial charge in [-0.3, -0.25) is 0 Å². The highest BCUT2D eigenvalue weighted by Gasteiger charge is 2.14. The molecule has 3 heterocycles. The van der Waals surface area contributed by atoms with E-state index in [1.807, 2.05) is 31.2 Å². The van der Waals surface area contributed by atoms with E-state index in [1.165, 1.54) is 23.9 Å². The molecule has 8 heteroatoms. The number of halogens is 1. The highest BCUT2D eigenvalue weighted by molar-refractivity contribution is 7.98. The molecule has 0 saturated heterocycles. The summed E-state index contributed by atoms with van der Waals surface area (Å²) in [7, 11) is 0. The first-order valence-corrected chi connectivity index (χ1v) is 9.61. The third-order valence-corrected chi connectivity index (χ3v) is 5.21. The number of aromatic nitrogens is 5. The molecule has 0 saturated carbocycles. The Morgan fingerprint density at radius 3 is 2.71 bits per heavy atom. The number of hydrogen-bond acceptors (Lipinski definition) is 6. The quantitative estimate of drug-likeness (QED) is 0.327. The Morgan fingerprint density at radius 2 is 1.86 bits per heavy atom. The number of benzene rings is 2. The highest BCUT2D eigenvalue weighted by Crippen LogP contribution is 2.27. The zero-order valence-electron chi connectivity index (χ0n) is 14.8. The third-order valence-electron chi connectivity index (χ3n) is 4.25. The molecule has 6 nitrogen and oxygen atoms in total. The molecule has 0 fully saturated rings. The van der Waals surface area contributed by atoms with Gasteiger partial charge in [-0.2, -0.15) is 4.52 Å². The molecule has 138 valence electrons. The average Bonchev–Trinajstić information content (AvgIpc) is 3.33. The minimum atomic E-state index is -0.291. The molecule has 2 aromatic carbocycles. The topological polar surface area (TPSA) is 69.1 Å². The SMILES string of the molecule is Cc1nc2c3ccccc3nc(SCc3coc(-c4ccc(F)cc4)n3)n2n1. The molecule has 0 bridgehead atoms. The number of thioether (sulfide) groups is 1. The van der Waals surface area contributed by atoms with Gasteiger partial charge in [0.1, 0.15) is 17.9 Å². The summed E-state index contributed by atoms with van der Waals surface area (Å²) in [5.74, 6) is 1.42. The summed E-state index contributed by atoms with van der Waals surface area (Å²) >= 11 is 1.51. The number of hydrogen-bond donors (Lipinski definition) is 0. The van der Waals surface area contributed by atoms with Gasteiger partial charge in [-0.05, 0) is 43.3 Å². The van der Waals surface area contributed by atoms with Crippen molar-refractivity contribution in [1.82, 2.24) is 24.6 Å². The monoisotopic (exact) mass is 391 g/mol. The number of para-hydroxylation sites is 1. The molecule has 0 aliphatic carbocycles. The van der Waals surface area contributed by atoms with Crippen LogP contribution in [0.3, 0.4) is 0 Å². The van der Waals surface area contributed by atoms with Crippen molar-refractivity contribution in [2.75, 3.05) is 0 Å². The second-order valence-electron chi connectivity index (χ2n) is 6.25. The van der Waals surface area contributed by atoms with Crippen LogP contribution in [0.1, 0.15) is 11.5 Å². The number of aryl methyl sites for hydroxylation is 1. The largest absolute Gasteiger partial charge is 0.444 e. The molecule has 28 heavy (non-hydrogen) atoms. The zero-order chi connectivity index (χ0) is 19.1.